The van der Waals surface area contributed by atoms with E-state index in [2.05, 4.69) is 6.92 Å². The summed E-state index contributed by atoms with van der Waals surface area (Å²) in [6, 6.07) is 0. The molecule has 3 heterocycles. The van der Waals surface area contributed by atoms with Crippen LogP contribution in [0.4, 0.5) is 0 Å². The lowest BCUT2D eigenvalue weighted by Gasteiger charge is -2.40. The Hall–Kier alpha value is -0.210. The Bertz CT molecular complexity index is 439. The van der Waals surface area contributed by atoms with Gasteiger partial charge in [-0.3, -0.25) is 0 Å². The maximum Gasteiger partial charge on any atom is 0.282 e. The minimum Gasteiger partial charge on any atom is -0.346 e. The van der Waals surface area contributed by atoms with Crippen LogP contribution in [0.3, 0.4) is 0 Å². The molecular formula is C13H24N2O4S. The molecular weight excluding hydrogens is 280 g/mol. The summed E-state index contributed by atoms with van der Waals surface area (Å²) in [7, 11) is -3.37. The van der Waals surface area contributed by atoms with Crippen molar-refractivity contribution in [3.05, 3.63) is 0 Å². The highest BCUT2D eigenvalue weighted by Gasteiger charge is 2.45. The van der Waals surface area contributed by atoms with E-state index >= 15 is 0 Å². The lowest BCUT2D eigenvalue weighted by molar-refractivity contribution is -0.179. The molecule has 3 aliphatic rings. The summed E-state index contributed by atoms with van der Waals surface area (Å²) in [5.41, 5.74) is 0. The second kappa shape index (κ2) is 5.53. The van der Waals surface area contributed by atoms with Gasteiger partial charge in [-0.25, -0.2) is 0 Å². The van der Waals surface area contributed by atoms with Crippen LogP contribution in [0.5, 0.6) is 0 Å². The van der Waals surface area contributed by atoms with Crippen LogP contribution in [0.1, 0.15) is 32.6 Å². The minimum absolute atomic E-state index is 0.335. The molecule has 0 unspecified atom stereocenters. The zero-order valence-electron chi connectivity index (χ0n) is 12.1. The van der Waals surface area contributed by atoms with Crippen LogP contribution in [0, 0.1) is 5.92 Å². The molecule has 0 saturated carbocycles. The summed E-state index contributed by atoms with van der Waals surface area (Å²) in [5.74, 6) is -0.0651. The van der Waals surface area contributed by atoms with Crippen molar-refractivity contribution < 1.29 is 17.9 Å². The first-order valence-electron chi connectivity index (χ1n) is 7.55. The normalized spacial score (nSPS) is 30.1. The Morgan fingerprint density at radius 2 is 1.70 bits per heavy atom. The summed E-state index contributed by atoms with van der Waals surface area (Å²) in [6.07, 6.45) is 3.48. The fourth-order valence-corrected chi connectivity index (χ4v) is 4.98. The first kappa shape index (κ1) is 14.7. The highest BCUT2D eigenvalue weighted by molar-refractivity contribution is 7.86. The van der Waals surface area contributed by atoms with E-state index in [0.717, 1.165) is 25.7 Å². The van der Waals surface area contributed by atoms with Crippen molar-refractivity contribution in [1.82, 2.24) is 8.61 Å². The van der Waals surface area contributed by atoms with E-state index in [-0.39, 0.29) is 0 Å². The molecule has 0 aromatic carbocycles. The lowest BCUT2D eigenvalue weighted by atomic mass is 10.0. The van der Waals surface area contributed by atoms with Gasteiger partial charge in [0.25, 0.3) is 10.2 Å². The molecule has 0 aliphatic carbocycles. The van der Waals surface area contributed by atoms with Gasteiger partial charge in [0.05, 0.1) is 19.8 Å². The second-order valence-electron chi connectivity index (χ2n) is 6.13. The van der Waals surface area contributed by atoms with E-state index in [1.807, 2.05) is 0 Å². The van der Waals surface area contributed by atoms with Crippen LogP contribution in [0.2, 0.25) is 0 Å². The molecule has 6 nitrogen and oxygen atoms in total. The van der Waals surface area contributed by atoms with Gasteiger partial charge in [0.2, 0.25) is 0 Å². The molecule has 0 aromatic heterocycles. The fourth-order valence-electron chi connectivity index (χ4n) is 3.26. The number of ether oxygens (including phenoxy) is 2. The Morgan fingerprint density at radius 3 is 2.35 bits per heavy atom. The van der Waals surface area contributed by atoms with Crippen molar-refractivity contribution in [2.75, 3.05) is 39.4 Å². The first-order chi connectivity index (χ1) is 9.52. The zero-order chi connectivity index (χ0) is 14.2. The van der Waals surface area contributed by atoms with Crippen molar-refractivity contribution in [2.24, 2.45) is 5.92 Å². The molecule has 20 heavy (non-hydrogen) atoms. The molecule has 7 heteroatoms. The molecule has 3 fully saturated rings. The summed E-state index contributed by atoms with van der Waals surface area (Å²) in [6.45, 7) is 5.48. The SMILES string of the molecule is CC1CCN(S(=O)(=O)N2CCCC3(C2)OCCO3)CC1. The average Bonchev–Trinajstić information content (AvgIpc) is 2.87. The number of nitrogens with zero attached hydrogens (tertiary/aromatic N) is 2. The largest absolute Gasteiger partial charge is 0.346 e. The van der Waals surface area contributed by atoms with Gasteiger partial charge in [-0.2, -0.15) is 17.0 Å². The van der Waals surface area contributed by atoms with Crippen LogP contribution in [-0.4, -0.2) is 62.2 Å². The van der Waals surface area contributed by atoms with E-state index in [9.17, 15) is 8.42 Å². The highest BCUT2D eigenvalue weighted by Crippen LogP contribution is 2.32. The maximum atomic E-state index is 12.7. The Balaban J connectivity index is 1.70. The maximum absolute atomic E-state index is 12.7. The molecule has 3 aliphatic heterocycles. The van der Waals surface area contributed by atoms with Crippen LogP contribution >= 0.6 is 0 Å². The van der Waals surface area contributed by atoms with E-state index in [0.29, 0.717) is 45.3 Å². The van der Waals surface area contributed by atoms with Crippen LogP contribution in [0.15, 0.2) is 0 Å². The van der Waals surface area contributed by atoms with E-state index in [1.165, 1.54) is 0 Å². The monoisotopic (exact) mass is 304 g/mol. The molecule has 116 valence electrons. The van der Waals surface area contributed by atoms with Crippen molar-refractivity contribution >= 4 is 10.2 Å². The molecule has 0 bridgehead atoms. The number of hydrogen-bond acceptors (Lipinski definition) is 4. The van der Waals surface area contributed by atoms with Crippen molar-refractivity contribution in [2.45, 2.75) is 38.4 Å². The van der Waals surface area contributed by atoms with Crippen molar-refractivity contribution in [3.63, 3.8) is 0 Å². The fraction of sp³-hybridized carbons (Fsp3) is 1.00. The first-order valence-corrected chi connectivity index (χ1v) is 8.95. The number of hydrogen-bond donors (Lipinski definition) is 0. The van der Waals surface area contributed by atoms with Crippen LogP contribution in [0.25, 0.3) is 0 Å². The Morgan fingerprint density at radius 1 is 1.05 bits per heavy atom. The molecule has 3 rings (SSSR count). The summed E-state index contributed by atoms with van der Waals surface area (Å²) >= 11 is 0. The lowest BCUT2D eigenvalue weighted by Crippen LogP contribution is -2.55. The van der Waals surface area contributed by atoms with Gasteiger partial charge in [-0.15, -0.1) is 0 Å². The molecule has 0 N–H and O–H groups in total. The highest BCUT2D eigenvalue weighted by atomic mass is 32.2. The third-order valence-electron chi connectivity index (χ3n) is 4.59. The molecule has 0 aromatic rings. The van der Waals surface area contributed by atoms with Crippen molar-refractivity contribution in [3.8, 4) is 0 Å². The smallest absolute Gasteiger partial charge is 0.282 e. The van der Waals surface area contributed by atoms with Gasteiger partial charge in [-0.1, -0.05) is 6.92 Å². The number of rotatable bonds is 2. The summed E-state index contributed by atoms with van der Waals surface area (Å²) in [5, 5.41) is 0. The third kappa shape index (κ3) is 2.74. The van der Waals surface area contributed by atoms with Crippen molar-refractivity contribution in [1.29, 1.82) is 0 Å². The van der Waals surface area contributed by atoms with E-state index in [1.54, 1.807) is 8.61 Å². The predicted octanol–water partition coefficient (Wildman–Crippen LogP) is 0.802. The van der Waals surface area contributed by atoms with Gasteiger partial charge in [-0.05, 0) is 25.2 Å². The molecule has 0 amide bonds. The number of piperidine rings is 2. The Labute approximate surface area is 121 Å². The van der Waals surface area contributed by atoms with Gasteiger partial charge >= 0.3 is 0 Å². The third-order valence-corrected chi connectivity index (χ3v) is 6.57. The predicted molar refractivity (Wildman–Crippen MR) is 74.3 cm³/mol. The van der Waals surface area contributed by atoms with E-state index < -0.39 is 16.0 Å². The zero-order valence-corrected chi connectivity index (χ0v) is 12.9. The van der Waals surface area contributed by atoms with Gasteiger partial charge in [0.15, 0.2) is 5.79 Å². The van der Waals surface area contributed by atoms with E-state index in [4.69, 9.17) is 9.47 Å². The molecule has 3 saturated heterocycles. The quantitative estimate of drug-likeness (QED) is 0.757. The summed E-state index contributed by atoms with van der Waals surface area (Å²) < 4.78 is 40.0. The topological polar surface area (TPSA) is 59.1 Å². The second-order valence-corrected chi connectivity index (χ2v) is 8.06. The standard InChI is InChI=1S/C13H24N2O4S/c1-12-3-7-14(8-4-12)20(16,17)15-6-2-5-13(11-15)18-9-10-19-13/h12H,2-11H2,1H3. The van der Waals surface area contributed by atoms with Gasteiger partial charge in [0.1, 0.15) is 0 Å². The average molecular weight is 304 g/mol. The van der Waals surface area contributed by atoms with Crippen LogP contribution < -0.4 is 0 Å². The molecule has 0 atom stereocenters. The molecule has 0 radical (unpaired) electrons. The molecule has 1 spiro atoms. The van der Waals surface area contributed by atoms with Crippen LogP contribution in [-0.2, 0) is 19.7 Å². The van der Waals surface area contributed by atoms with Gasteiger partial charge in [0, 0.05) is 26.1 Å². The minimum atomic E-state index is -3.37. The van der Waals surface area contributed by atoms with Gasteiger partial charge < -0.3 is 9.47 Å². The summed E-state index contributed by atoms with van der Waals surface area (Å²) in [4.78, 5) is 0. The Kier molecular flexibility index (Phi) is 4.07.